The Hall–Kier alpha value is -3.32. The second-order valence-corrected chi connectivity index (χ2v) is 8.25. The van der Waals surface area contributed by atoms with Gasteiger partial charge in [-0.1, -0.05) is 86.8 Å². The Morgan fingerprint density at radius 2 is 1.61 bits per heavy atom. The summed E-state index contributed by atoms with van der Waals surface area (Å²) in [4.78, 5) is 12.7. The Labute approximate surface area is 184 Å². The molecule has 0 atom stereocenters. The lowest BCUT2D eigenvalue weighted by atomic mass is 9.94. The lowest BCUT2D eigenvalue weighted by Gasteiger charge is -2.28. The van der Waals surface area contributed by atoms with E-state index in [0.29, 0.717) is 17.8 Å². The van der Waals surface area contributed by atoms with Gasteiger partial charge < -0.3 is 9.88 Å². The summed E-state index contributed by atoms with van der Waals surface area (Å²) in [6, 6.07) is 23.1. The Morgan fingerprint density at radius 3 is 2.19 bits per heavy atom. The minimum atomic E-state index is -0.0345. The molecule has 0 aliphatic heterocycles. The van der Waals surface area contributed by atoms with Crippen molar-refractivity contribution in [3.05, 3.63) is 66.2 Å². The van der Waals surface area contributed by atoms with Crippen molar-refractivity contribution < 1.29 is 4.79 Å². The first kappa shape index (κ1) is 20.9. The summed E-state index contributed by atoms with van der Waals surface area (Å²) in [5.74, 6) is 0.623. The quantitative estimate of drug-likeness (QED) is 0.478. The Bertz CT molecular complexity index is 1070. The third kappa shape index (κ3) is 4.27. The highest BCUT2D eigenvalue weighted by atomic mass is 16.1. The number of hydrogen-bond acceptors (Lipinski definition) is 2. The van der Waals surface area contributed by atoms with Crippen LogP contribution in [0.4, 0.5) is 5.82 Å². The molecule has 4 rings (SSSR count). The molecule has 1 amide bonds. The van der Waals surface area contributed by atoms with Gasteiger partial charge >= 0.3 is 0 Å². The van der Waals surface area contributed by atoms with Gasteiger partial charge in [-0.2, -0.15) is 5.26 Å². The van der Waals surface area contributed by atoms with Gasteiger partial charge in [-0.15, -0.1) is 0 Å². The van der Waals surface area contributed by atoms with Crippen LogP contribution >= 0.6 is 0 Å². The van der Waals surface area contributed by atoms with Gasteiger partial charge in [0.15, 0.2) is 0 Å². The zero-order valence-corrected chi connectivity index (χ0v) is 18.1. The van der Waals surface area contributed by atoms with Gasteiger partial charge in [0, 0.05) is 18.0 Å². The molecule has 0 radical (unpaired) electrons. The number of nitrogens with zero attached hydrogens (tertiary/aromatic N) is 2. The van der Waals surface area contributed by atoms with Crippen LogP contribution in [0.25, 0.3) is 22.4 Å². The standard InChI is InChI=1S/C27H29N3O/c1-2-12-24(31)29-27-23(19-28)25(20-13-6-3-7-14-20)26(21-15-8-4-9-16-21)30(27)22-17-10-5-11-18-22/h3-4,6-9,13-16,22H,2,5,10-12,17-18H2,1H3,(H,29,31). The first-order valence-electron chi connectivity index (χ1n) is 11.3. The highest BCUT2D eigenvalue weighted by molar-refractivity contribution is 5.98. The van der Waals surface area contributed by atoms with E-state index in [1.54, 1.807) is 0 Å². The number of nitrogens with one attached hydrogen (secondary N) is 1. The molecule has 1 aliphatic carbocycles. The van der Waals surface area contributed by atoms with Crippen molar-refractivity contribution in [2.75, 3.05) is 5.32 Å². The third-order valence-corrected chi connectivity index (χ3v) is 6.10. The van der Waals surface area contributed by atoms with Crippen LogP contribution in [0.15, 0.2) is 60.7 Å². The number of carbonyl (C=O) groups is 1. The lowest BCUT2D eigenvalue weighted by molar-refractivity contribution is -0.116. The third-order valence-electron chi connectivity index (χ3n) is 6.10. The van der Waals surface area contributed by atoms with Gasteiger partial charge in [-0.3, -0.25) is 4.79 Å². The molecule has 1 N–H and O–H groups in total. The fourth-order valence-electron chi connectivity index (χ4n) is 4.71. The number of rotatable bonds is 6. The number of hydrogen-bond donors (Lipinski definition) is 1. The van der Waals surface area contributed by atoms with Crippen molar-refractivity contribution in [3.8, 4) is 28.5 Å². The van der Waals surface area contributed by atoms with Crippen molar-refractivity contribution >= 4 is 11.7 Å². The fraction of sp³-hybridized carbons (Fsp3) is 0.333. The fourth-order valence-corrected chi connectivity index (χ4v) is 4.71. The number of nitriles is 1. The Morgan fingerprint density at radius 1 is 1.00 bits per heavy atom. The van der Waals surface area contributed by atoms with E-state index in [2.05, 4.69) is 28.1 Å². The van der Waals surface area contributed by atoms with Gasteiger partial charge in [0.25, 0.3) is 0 Å². The molecule has 1 saturated carbocycles. The summed E-state index contributed by atoms with van der Waals surface area (Å²) in [5.41, 5.74) is 4.56. The molecule has 0 spiro atoms. The maximum absolute atomic E-state index is 12.7. The molecule has 4 nitrogen and oxygen atoms in total. The van der Waals surface area contributed by atoms with E-state index >= 15 is 0 Å². The molecule has 3 aromatic rings. The van der Waals surface area contributed by atoms with Crippen LogP contribution in [0.3, 0.4) is 0 Å². The molecule has 2 aromatic carbocycles. The maximum atomic E-state index is 12.7. The van der Waals surface area contributed by atoms with E-state index in [0.717, 1.165) is 41.6 Å². The zero-order valence-electron chi connectivity index (χ0n) is 18.1. The van der Waals surface area contributed by atoms with Crippen molar-refractivity contribution in [3.63, 3.8) is 0 Å². The van der Waals surface area contributed by atoms with Crippen molar-refractivity contribution in [2.45, 2.75) is 57.9 Å². The number of aromatic nitrogens is 1. The van der Waals surface area contributed by atoms with Crippen molar-refractivity contribution in [2.24, 2.45) is 0 Å². The summed E-state index contributed by atoms with van der Waals surface area (Å²) < 4.78 is 2.27. The van der Waals surface area contributed by atoms with E-state index in [1.807, 2.05) is 55.5 Å². The minimum absolute atomic E-state index is 0.0345. The van der Waals surface area contributed by atoms with Crippen molar-refractivity contribution in [1.29, 1.82) is 5.26 Å². The van der Waals surface area contributed by atoms with Crippen LogP contribution < -0.4 is 5.32 Å². The van der Waals surface area contributed by atoms with Gasteiger partial charge in [0.05, 0.1) is 5.69 Å². The van der Waals surface area contributed by atoms with Crippen LogP contribution in [0.2, 0.25) is 0 Å². The smallest absolute Gasteiger partial charge is 0.225 e. The molecular formula is C27H29N3O. The van der Waals surface area contributed by atoms with Crippen LogP contribution in [0, 0.1) is 11.3 Å². The Kier molecular flexibility index (Phi) is 6.52. The average molecular weight is 412 g/mol. The highest BCUT2D eigenvalue weighted by Gasteiger charge is 2.30. The van der Waals surface area contributed by atoms with Gasteiger partial charge in [0.1, 0.15) is 17.5 Å². The molecule has 0 saturated heterocycles. The summed E-state index contributed by atoms with van der Waals surface area (Å²) in [6.07, 6.45) is 6.92. The topological polar surface area (TPSA) is 57.8 Å². The Balaban J connectivity index is 2.02. The number of carbonyl (C=O) groups excluding carboxylic acids is 1. The predicted molar refractivity (Wildman–Crippen MR) is 126 cm³/mol. The molecular weight excluding hydrogens is 382 g/mol. The van der Waals surface area contributed by atoms with E-state index in [-0.39, 0.29) is 11.9 Å². The first-order valence-corrected chi connectivity index (χ1v) is 11.3. The minimum Gasteiger partial charge on any atom is -0.322 e. The monoisotopic (exact) mass is 411 g/mol. The summed E-state index contributed by atoms with van der Waals surface area (Å²) in [6.45, 7) is 2.00. The summed E-state index contributed by atoms with van der Waals surface area (Å²) in [7, 11) is 0. The molecule has 0 unspecified atom stereocenters. The summed E-state index contributed by atoms with van der Waals surface area (Å²) >= 11 is 0. The maximum Gasteiger partial charge on any atom is 0.225 e. The number of anilines is 1. The molecule has 1 heterocycles. The molecule has 0 bridgehead atoms. The van der Waals surface area contributed by atoms with E-state index in [1.165, 1.54) is 19.3 Å². The average Bonchev–Trinajstić information content (AvgIpc) is 3.14. The second kappa shape index (κ2) is 9.66. The van der Waals surface area contributed by atoms with Gasteiger partial charge in [-0.05, 0) is 30.4 Å². The number of benzene rings is 2. The first-order chi connectivity index (χ1) is 15.2. The van der Waals surface area contributed by atoms with Crippen LogP contribution in [-0.2, 0) is 4.79 Å². The predicted octanol–water partition coefficient (Wildman–Crippen LogP) is 6.94. The van der Waals surface area contributed by atoms with Crippen molar-refractivity contribution in [1.82, 2.24) is 4.57 Å². The molecule has 158 valence electrons. The zero-order chi connectivity index (χ0) is 21.6. The molecule has 1 fully saturated rings. The SMILES string of the molecule is CCCC(=O)Nc1c(C#N)c(-c2ccccc2)c(-c2ccccc2)n1C1CCCCC1. The highest BCUT2D eigenvalue weighted by Crippen LogP contribution is 2.46. The summed E-state index contributed by atoms with van der Waals surface area (Å²) in [5, 5.41) is 13.4. The van der Waals surface area contributed by atoms with Crippen LogP contribution in [-0.4, -0.2) is 10.5 Å². The molecule has 1 aliphatic rings. The largest absolute Gasteiger partial charge is 0.322 e. The normalized spacial score (nSPS) is 14.2. The lowest BCUT2D eigenvalue weighted by Crippen LogP contribution is -2.20. The molecule has 4 heteroatoms. The van der Waals surface area contributed by atoms with E-state index < -0.39 is 0 Å². The molecule has 31 heavy (non-hydrogen) atoms. The van der Waals surface area contributed by atoms with Gasteiger partial charge in [0.2, 0.25) is 5.91 Å². The van der Waals surface area contributed by atoms with Crippen LogP contribution in [0.1, 0.15) is 63.5 Å². The van der Waals surface area contributed by atoms with E-state index in [9.17, 15) is 10.1 Å². The number of amides is 1. The van der Waals surface area contributed by atoms with Gasteiger partial charge in [-0.25, -0.2) is 0 Å². The van der Waals surface area contributed by atoms with E-state index in [4.69, 9.17) is 0 Å². The van der Waals surface area contributed by atoms with Crippen LogP contribution in [0.5, 0.6) is 0 Å². The second-order valence-electron chi connectivity index (χ2n) is 8.25. The molecule has 1 aromatic heterocycles.